The Labute approximate surface area is 95.6 Å². The molecule has 2 aliphatic rings. The molecule has 1 aliphatic carbocycles. The van der Waals surface area contributed by atoms with Crippen molar-refractivity contribution >= 4 is 11.8 Å². The van der Waals surface area contributed by atoms with Crippen molar-refractivity contribution in [2.24, 2.45) is 10.8 Å². The van der Waals surface area contributed by atoms with E-state index in [4.69, 9.17) is 0 Å². The molecule has 2 fully saturated rings. The maximum absolute atomic E-state index is 12.1. The fourth-order valence-corrected chi connectivity index (χ4v) is 2.61. The third-order valence-corrected chi connectivity index (χ3v) is 4.14. The second-order valence-electron chi connectivity index (χ2n) is 6.22. The molecule has 90 valence electrons. The largest absolute Gasteiger partial charge is 0.392 e. The van der Waals surface area contributed by atoms with Gasteiger partial charge in [-0.1, -0.05) is 27.7 Å². The molecule has 0 aromatic heterocycles. The number of imide groups is 1. The first-order valence-corrected chi connectivity index (χ1v) is 5.72. The zero-order chi connectivity index (χ0) is 12.3. The molecule has 2 rings (SSSR count). The molecule has 16 heavy (non-hydrogen) atoms. The third kappa shape index (κ3) is 1.32. The van der Waals surface area contributed by atoms with Gasteiger partial charge in [0.2, 0.25) is 11.8 Å². The third-order valence-electron chi connectivity index (χ3n) is 4.14. The van der Waals surface area contributed by atoms with E-state index in [0.29, 0.717) is 6.42 Å². The predicted octanol–water partition coefficient (Wildman–Crippen LogP) is 0.931. The van der Waals surface area contributed by atoms with Gasteiger partial charge < -0.3 is 5.11 Å². The van der Waals surface area contributed by atoms with Crippen LogP contribution >= 0.6 is 0 Å². The summed E-state index contributed by atoms with van der Waals surface area (Å²) < 4.78 is 0. The van der Waals surface area contributed by atoms with Crippen LogP contribution in [0.3, 0.4) is 0 Å². The Kier molecular flexibility index (Phi) is 2.22. The number of nitrogens with zero attached hydrogens (tertiary/aromatic N) is 1. The minimum atomic E-state index is -0.576. The summed E-state index contributed by atoms with van der Waals surface area (Å²) in [5, 5.41) is 9.66. The molecule has 4 heteroatoms. The Morgan fingerprint density at radius 2 is 1.81 bits per heavy atom. The number of aliphatic hydroxyl groups excluding tert-OH is 1. The van der Waals surface area contributed by atoms with E-state index >= 15 is 0 Å². The number of likely N-dealkylation sites (tertiary alicyclic amines) is 1. The van der Waals surface area contributed by atoms with Crippen molar-refractivity contribution in [1.29, 1.82) is 0 Å². The van der Waals surface area contributed by atoms with E-state index < -0.39 is 11.5 Å². The number of aliphatic hydroxyl groups is 1. The van der Waals surface area contributed by atoms with Gasteiger partial charge in [-0.05, 0) is 6.42 Å². The molecule has 1 saturated carbocycles. The Bertz CT molecular complexity index is 359. The summed E-state index contributed by atoms with van der Waals surface area (Å²) in [6.07, 6.45) is 0.386. The van der Waals surface area contributed by atoms with Crippen molar-refractivity contribution in [2.45, 2.75) is 52.7 Å². The Morgan fingerprint density at radius 1 is 1.25 bits per heavy atom. The summed E-state index contributed by atoms with van der Waals surface area (Å²) in [5.41, 5.74) is -0.945. The zero-order valence-corrected chi connectivity index (χ0v) is 10.3. The lowest BCUT2D eigenvalue weighted by atomic mass is 9.64. The molecule has 0 aromatic carbocycles. The molecule has 2 amide bonds. The van der Waals surface area contributed by atoms with Crippen molar-refractivity contribution in [2.75, 3.05) is 0 Å². The van der Waals surface area contributed by atoms with Crippen LogP contribution in [0.4, 0.5) is 0 Å². The molecule has 1 saturated heterocycles. The molecule has 0 radical (unpaired) electrons. The van der Waals surface area contributed by atoms with Crippen LogP contribution in [0.15, 0.2) is 0 Å². The number of hydrogen-bond acceptors (Lipinski definition) is 3. The summed E-state index contributed by atoms with van der Waals surface area (Å²) in [7, 11) is 0. The second kappa shape index (κ2) is 3.06. The molecule has 1 aliphatic heterocycles. The van der Waals surface area contributed by atoms with Crippen molar-refractivity contribution in [3.05, 3.63) is 0 Å². The summed E-state index contributed by atoms with van der Waals surface area (Å²) in [5.74, 6) is -0.192. The molecule has 0 spiro atoms. The number of hydrogen-bond donors (Lipinski definition) is 1. The number of rotatable bonds is 1. The quantitative estimate of drug-likeness (QED) is 0.675. The number of carbonyl (C=O) groups excluding carboxylic acids is 2. The molecule has 4 nitrogen and oxygen atoms in total. The number of carbonyl (C=O) groups is 2. The summed E-state index contributed by atoms with van der Waals surface area (Å²) in [4.78, 5) is 25.3. The molecule has 2 atom stereocenters. The average molecular weight is 225 g/mol. The lowest BCUT2D eigenvalue weighted by molar-refractivity contribution is -0.163. The molecule has 1 N–H and O–H groups in total. The number of amides is 2. The van der Waals surface area contributed by atoms with Crippen molar-refractivity contribution < 1.29 is 14.7 Å². The highest BCUT2D eigenvalue weighted by atomic mass is 16.3. The SMILES string of the molecule is CC1(C)CC(=O)N(C2CC(O)C2(C)C)C1=O. The molecule has 0 bridgehead atoms. The van der Waals surface area contributed by atoms with Gasteiger partial charge in [0.25, 0.3) is 0 Å². The van der Waals surface area contributed by atoms with Crippen LogP contribution in [0, 0.1) is 10.8 Å². The smallest absolute Gasteiger partial charge is 0.235 e. The average Bonchev–Trinajstić information content (AvgIpc) is 2.34. The molecular formula is C12H19NO3. The lowest BCUT2D eigenvalue weighted by Gasteiger charge is -2.52. The van der Waals surface area contributed by atoms with Crippen molar-refractivity contribution in [3.63, 3.8) is 0 Å². The minimum absolute atomic E-state index is 0.0949. The van der Waals surface area contributed by atoms with E-state index in [1.165, 1.54) is 4.90 Å². The van der Waals surface area contributed by atoms with Gasteiger partial charge in [0.15, 0.2) is 0 Å². The standard InChI is InChI=1S/C12H19NO3/c1-11(2)6-9(15)13(10(11)16)7-5-8(14)12(7,3)4/h7-8,14H,5-6H2,1-4H3. The van der Waals surface area contributed by atoms with Gasteiger partial charge >= 0.3 is 0 Å². The summed E-state index contributed by atoms with van der Waals surface area (Å²) in [6, 6.07) is -0.135. The first-order chi connectivity index (χ1) is 7.18. The maximum atomic E-state index is 12.1. The highest BCUT2D eigenvalue weighted by Crippen LogP contribution is 2.47. The van der Waals surface area contributed by atoms with Gasteiger partial charge in [0, 0.05) is 17.9 Å². The first kappa shape index (κ1) is 11.6. The van der Waals surface area contributed by atoms with Gasteiger partial charge in [-0.3, -0.25) is 14.5 Å². The van der Waals surface area contributed by atoms with Gasteiger partial charge in [0.1, 0.15) is 0 Å². The lowest BCUT2D eigenvalue weighted by Crippen LogP contribution is -2.62. The van der Waals surface area contributed by atoms with Crippen LogP contribution in [0.1, 0.15) is 40.5 Å². The molecule has 2 unspecified atom stereocenters. The first-order valence-electron chi connectivity index (χ1n) is 5.72. The second-order valence-corrected chi connectivity index (χ2v) is 6.22. The Hall–Kier alpha value is -0.900. The Balaban J connectivity index is 2.24. The Morgan fingerprint density at radius 3 is 2.12 bits per heavy atom. The summed E-state index contributed by atoms with van der Waals surface area (Å²) >= 11 is 0. The predicted molar refractivity (Wildman–Crippen MR) is 58.4 cm³/mol. The van der Waals surface area contributed by atoms with E-state index in [2.05, 4.69) is 0 Å². The van der Waals surface area contributed by atoms with E-state index in [1.807, 2.05) is 13.8 Å². The zero-order valence-electron chi connectivity index (χ0n) is 10.3. The van der Waals surface area contributed by atoms with E-state index in [0.717, 1.165) is 0 Å². The van der Waals surface area contributed by atoms with Crippen LogP contribution in [-0.2, 0) is 9.59 Å². The van der Waals surface area contributed by atoms with Crippen LogP contribution < -0.4 is 0 Å². The monoisotopic (exact) mass is 225 g/mol. The van der Waals surface area contributed by atoms with E-state index in [1.54, 1.807) is 13.8 Å². The molecule has 0 aromatic rings. The molecular weight excluding hydrogens is 206 g/mol. The van der Waals surface area contributed by atoms with Crippen LogP contribution in [0.25, 0.3) is 0 Å². The minimum Gasteiger partial charge on any atom is -0.392 e. The van der Waals surface area contributed by atoms with Crippen LogP contribution in [0.2, 0.25) is 0 Å². The van der Waals surface area contributed by atoms with Crippen molar-refractivity contribution in [1.82, 2.24) is 4.90 Å². The van der Waals surface area contributed by atoms with Crippen LogP contribution in [-0.4, -0.2) is 34.0 Å². The van der Waals surface area contributed by atoms with Gasteiger partial charge in [0.05, 0.1) is 11.5 Å². The fraction of sp³-hybridized carbons (Fsp3) is 0.833. The van der Waals surface area contributed by atoms with Gasteiger partial charge in [-0.2, -0.15) is 0 Å². The molecule has 1 heterocycles. The van der Waals surface area contributed by atoms with Crippen molar-refractivity contribution in [3.8, 4) is 0 Å². The van der Waals surface area contributed by atoms with E-state index in [-0.39, 0.29) is 29.7 Å². The highest BCUT2D eigenvalue weighted by Gasteiger charge is 2.57. The summed E-state index contributed by atoms with van der Waals surface area (Å²) in [6.45, 7) is 7.40. The van der Waals surface area contributed by atoms with Gasteiger partial charge in [-0.15, -0.1) is 0 Å². The van der Waals surface area contributed by atoms with E-state index in [9.17, 15) is 14.7 Å². The normalized spacial score (nSPS) is 36.4. The fourth-order valence-electron chi connectivity index (χ4n) is 2.61. The van der Waals surface area contributed by atoms with Gasteiger partial charge in [-0.25, -0.2) is 0 Å². The topological polar surface area (TPSA) is 57.6 Å². The maximum Gasteiger partial charge on any atom is 0.235 e. The highest BCUT2D eigenvalue weighted by molar-refractivity contribution is 6.06. The van der Waals surface area contributed by atoms with Crippen LogP contribution in [0.5, 0.6) is 0 Å².